The third-order valence-corrected chi connectivity index (χ3v) is 2.85. The van der Waals surface area contributed by atoms with Crippen molar-refractivity contribution in [1.29, 1.82) is 0 Å². The molecule has 0 radical (unpaired) electrons. The number of nitrogens with one attached hydrogen (secondary N) is 1. The first kappa shape index (κ1) is 9.95. The van der Waals surface area contributed by atoms with Gasteiger partial charge in [0.25, 0.3) is 0 Å². The van der Waals surface area contributed by atoms with E-state index >= 15 is 0 Å². The van der Waals surface area contributed by atoms with Crippen LogP contribution in [0, 0.1) is 0 Å². The van der Waals surface area contributed by atoms with E-state index in [2.05, 4.69) is 5.32 Å². The summed E-state index contributed by atoms with van der Waals surface area (Å²) in [5, 5.41) is 2.45. The fourth-order valence-corrected chi connectivity index (χ4v) is 2.05. The Bertz CT molecular complexity index is 329. The van der Waals surface area contributed by atoms with Gasteiger partial charge < -0.3 is 10.2 Å². The zero-order valence-electron chi connectivity index (χ0n) is 8.52. The van der Waals surface area contributed by atoms with E-state index in [1.165, 1.54) is 16.8 Å². The van der Waals surface area contributed by atoms with Crippen LogP contribution in [-0.4, -0.2) is 53.8 Å². The summed E-state index contributed by atoms with van der Waals surface area (Å²) in [6.45, 7) is 0.521. The van der Waals surface area contributed by atoms with Gasteiger partial charge in [-0.05, 0) is 6.42 Å². The molecule has 82 valence electrons. The van der Waals surface area contributed by atoms with Crippen molar-refractivity contribution in [3.8, 4) is 0 Å². The average Bonchev–Trinajstić information content (AvgIpc) is 2.71. The normalized spacial score (nSPS) is 24.7. The minimum Gasteiger partial charge on any atom is -0.358 e. The van der Waals surface area contributed by atoms with Crippen LogP contribution in [0.3, 0.4) is 0 Å². The Balaban J connectivity index is 2.04. The Labute approximate surface area is 87.2 Å². The molecule has 2 fully saturated rings. The second-order valence-electron chi connectivity index (χ2n) is 3.79. The van der Waals surface area contributed by atoms with Crippen molar-refractivity contribution < 1.29 is 14.4 Å². The Morgan fingerprint density at radius 2 is 2.27 bits per heavy atom. The van der Waals surface area contributed by atoms with Gasteiger partial charge in [0.1, 0.15) is 6.54 Å². The molecule has 6 heteroatoms. The molecule has 0 aromatic heterocycles. The van der Waals surface area contributed by atoms with Crippen molar-refractivity contribution in [3.63, 3.8) is 0 Å². The van der Waals surface area contributed by atoms with Crippen LogP contribution in [-0.2, 0) is 9.59 Å². The molecule has 0 aromatic carbocycles. The van der Waals surface area contributed by atoms with Crippen molar-refractivity contribution in [2.24, 2.45) is 0 Å². The maximum absolute atomic E-state index is 11.7. The van der Waals surface area contributed by atoms with E-state index in [9.17, 15) is 14.4 Å². The van der Waals surface area contributed by atoms with Crippen LogP contribution in [0.25, 0.3) is 0 Å². The number of fused-ring (bicyclic) bond motifs is 1. The summed E-state index contributed by atoms with van der Waals surface area (Å²) in [5.74, 6) is -0.332. The maximum Gasteiger partial charge on any atom is 0.327 e. The molecule has 0 spiro atoms. The number of carbonyl (C=O) groups is 3. The first-order valence-corrected chi connectivity index (χ1v) is 4.95. The van der Waals surface area contributed by atoms with Gasteiger partial charge in [0.05, 0.1) is 6.04 Å². The van der Waals surface area contributed by atoms with Gasteiger partial charge in [-0.1, -0.05) is 0 Å². The molecular weight excluding hydrogens is 198 g/mol. The standard InChI is InChI=1S/C9H13N3O3/c1-10-7(13)5-11-4-6-2-3-8(14)12(6)9(11)15/h6H,2-5H2,1H3,(H,10,13). The summed E-state index contributed by atoms with van der Waals surface area (Å²) >= 11 is 0. The van der Waals surface area contributed by atoms with E-state index in [1.807, 2.05) is 0 Å². The number of imide groups is 1. The van der Waals surface area contributed by atoms with Crippen LogP contribution in [0.15, 0.2) is 0 Å². The Morgan fingerprint density at radius 3 is 2.87 bits per heavy atom. The molecule has 0 bridgehead atoms. The molecule has 1 unspecified atom stereocenters. The van der Waals surface area contributed by atoms with Crippen LogP contribution in [0.1, 0.15) is 12.8 Å². The molecule has 2 heterocycles. The third kappa shape index (κ3) is 1.55. The Hall–Kier alpha value is -1.59. The number of nitrogens with zero attached hydrogens (tertiary/aromatic N) is 2. The van der Waals surface area contributed by atoms with Crippen molar-refractivity contribution in [2.75, 3.05) is 20.1 Å². The molecular formula is C9H13N3O3. The van der Waals surface area contributed by atoms with E-state index in [-0.39, 0.29) is 30.4 Å². The van der Waals surface area contributed by atoms with E-state index in [0.717, 1.165) is 6.42 Å². The number of rotatable bonds is 2. The number of carbonyl (C=O) groups excluding carboxylic acids is 3. The quantitative estimate of drug-likeness (QED) is 0.647. The second kappa shape index (κ2) is 3.52. The number of likely N-dealkylation sites (N-methyl/N-ethyl adjacent to an activating group) is 1. The predicted octanol–water partition coefficient (Wildman–Crippen LogP) is -0.841. The topological polar surface area (TPSA) is 69.7 Å². The highest BCUT2D eigenvalue weighted by molar-refractivity contribution is 5.99. The van der Waals surface area contributed by atoms with Crippen LogP contribution >= 0.6 is 0 Å². The maximum atomic E-state index is 11.7. The molecule has 0 aliphatic carbocycles. The van der Waals surface area contributed by atoms with Gasteiger partial charge in [0.15, 0.2) is 0 Å². The van der Waals surface area contributed by atoms with Gasteiger partial charge in [-0.2, -0.15) is 0 Å². The summed E-state index contributed by atoms with van der Waals surface area (Å²) in [6.07, 6.45) is 1.17. The molecule has 2 aliphatic heterocycles. The third-order valence-electron chi connectivity index (χ3n) is 2.85. The molecule has 2 aliphatic rings. The summed E-state index contributed by atoms with van der Waals surface area (Å²) in [6, 6.07) is -0.347. The SMILES string of the molecule is CNC(=O)CN1CC2CCC(=O)N2C1=O. The number of urea groups is 1. The monoisotopic (exact) mass is 211 g/mol. The number of hydrogen-bond donors (Lipinski definition) is 1. The van der Waals surface area contributed by atoms with Gasteiger partial charge >= 0.3 is 6.03 Å². The molecule has 15 heavy (non-hydrogen) atoms. The molecule has 4 amide bonds. The zero-order chi connectivity index (χ0) is 11.0. The van der Waals surface area contributed by atoms with Gasteiger partial charge in [-0.25, -0.2) is 4.79 Å². The Morgan fingerprint density at radius 1 is 1.53 bits per heavy atom. The zero-order valence-corrected chi connectivity index (χ0v) is 8.52. The van der Waals surface area contributed by atoms with Crippen molar-refractivity contribution in [1.82, 2.24) is 15.1 Å². The second-order valence-corrected chi connectivity index (χ2v) is 3.79. The minimum atomic E-state index is -0.328. The largest absolute Gasteiger partial charge is 0.358 e. The molecule has 6 nitrogen and oxygen atoms in total. The summed E-state index contributed by atoms with van der Waals surface area (Å²) in [7, 11) is 1.52. The van der Waals surface area contributed by atoms with Crippen molar-refractivity contribution >= 4 is 17.8 Å². The van der Waals surface area contributed by atoms with E-state index in [0.29, 0.717) is 13.0 Å². The Kier molecular flexibility index (Phi) is 2.34. The molecule has 0 aromatic rings. The van der Waals surface area contributed by atoms with Crippen molar-refractivity contribution in [3.05, 3.63) is 0 Å². The number of hydrogen-bond acceptors (Lipinski definition) is 3. The van der Waals surface area contributed by atoms with Crippen molar-refractivity contribution in [2.45, 2.75) is 18.9 Å². The summed E-state index contributed by atoms with van der Waals surface area (Å²) in [4.78, 5) is 36.8. The average molecular weight is 211 g/mol. The molecule has 2 saturated heterocycles. The van der Waals surface area contributed by atoms with Crippen LogP contribution < -0.4 is 5.32 Å². The van der Waals surface area contributed by atoms with Gasteiger partial charge in [-0.3, -0.25) is 14.5 Å². The molecule has 1 N–H and O–H groups in total. The first-order valence-electron chi connectivity index (χ1n) is 4.95. The van der Waals surface area contributed by atoms with E-state index in [1.54, 1.807) is 0 Å². The first-order chi connectivity index (χ1) is 7.13. The highest BCUT2D eigenvalue weighted by Crippen LogP contribution is 2.26. The van der Waals surface area contributed by atoms with E-state index in [4.69, 9.17) is 0 Å². The lowest BCUT2D eigenvalue weighted by atomic mass is 10.2. The fourth-order valence-electron chi connectivity index (χ4n) is 2.05. The lowest BCUT2D eigenvalue weighted by Gasteiger charge is -2.15. The molecule has 2 rings (SSSR count). The molecule has 0 saturated carbocycles. The predicted molar refractivity (Wildman–Crippen MR) is 50.9 cm³/mol. The number of amides is 4. The van der Waals surface area contributed by atoms with Crippen LogP contribution in [0.4, 0.5) is 4.79 Å². The molecule has 1 atom stereocenters. The summed E-state index contributed by atoms with van der Waals surface area (Å²) in [5.41, 5.74) is 0. The van der Waals surface area contributed by atoms with Gasteiger partial charge in [0.2, 0.25) is 11.8 Å². The highest BCUT2D eigenvalue weighted by atomic mass is 16.2. The highest BCUT2D eigenvalue weighted by Gasteiger charge is 2.45. The smallest absolute Gasteiger partial charge is 0.327 e. The van der Waals surface area contributed by atoms with Crippen LogP contribution in [0.5, 0.6) is 0 Å². The lowest BCUT2D eigenvalue weighted by molar-refractivity contribution is -0.126. The van der Waals surface area contributed by atoms with E-state index < -0.39 is 0 Å². The van der Waals surface area contributed by atoms with Gasteiger partial charge in [-0.15, -0.1) is 0 Å². The fraction of sp³-hybridized carbons (Fsp3) is 0.667. The lowest BCUT2D eigenvalue weighted by Crippen LogP contribution is -2.39. The summed E-state index contributed by atoms with van der Waals surface area (Å²) < 4.78 is 0. The van der Waals surface area contributed by atoms with Gasteiger partial charge in [0, 0.05) is 20.0 Å². The van der Waals surface area contributed by atoms with Crippen LogP contribution in [0.2, 0.25) is 0 Å². The minimum absolute atomic E-state index is 0.0188.